The quantitative estimate of drug-likeness (QED) is 0.180. The molecule has 2 aliphatic rings. The highest BCUT2D eigenvalue weighted by atomic mass is 15.2. The van der Waals surface area contributed by atoms with Crippen molar-refractivity contribution in [2.75, 3.05) is 4.90 Å². The third kappa shape index (κ3) is 4.44. The fourth-order valence-corrected chi connectivity index (χ4v) is 8.27. The van der Waals surface area contributed by atoms with Crippen LogP contribution in [0.1, 0.15) is 29.0 Å². The second kappa shape index (κ2) is 11.7. The Kier molecular flexibility index (Phi) is 6.84. The number of benzene rings is 6. The van der Waals surface area contributed by atoms with Crippen LogP contribution in [0.5, 0.6) is 0 Å². The van der Waals surface area contributed by atoms with Gasteiger partial charge in [0.1, 0.15) is 0 Å². The summed E-state index contributed by atoms with van der Waals surface area (Å²) in [6.45, 7) is 0. The number of aromatic nitrogens is 1. The maximum absolute atomic E-state index is 10.3. The van der Waals surface area contributed by atoms with E-state index in [1.807, 2.05) is 36.4 Å². The molecule has 2 heterocycles. The van der Waals surface area contributed by atoms with E-state index in [0.29, 0.717) is 17.5 Å². The van der Waals surface area contributed by atoms with Gasteiger partial charge in [0.25, 0.3) is 0 Å². The van der Waals surface area contributed by atoms with E-state index in [0.717, 1.165) is 55.9 Å². The molecule has 0 saturated carbocycles. The van der Waals surface area contributed by atoms with Gasteiger partial charge in [-0.1, -0.05) is 97.1 Å². The molecule has 6 aromatic carbocycles. The molecule has 5 heteroatoms. The van der Waals surface area contributed by atoms with Crippen LogP contribution < -0.4 is 4.90 Å². The second-order valence-electron chi connectivity index (χ2n) is 13.0. The molecular formula is C45H29N5. The van der Waals surface area contributed by atoms with E-state index in [2.05, 4.69) is 137 Å². The van der Waals surface area contributed by atoms with Crippen molar-refractivity contribution in [3.8, 4) is 46.1 Å². The topological polar surface area (TPSA) is 79.5 Å². The average molecular weight is 640 g/mol. The lowest BCUT2D eigenvalue weighted by Crippen LogP contribution is -2.31. The smallest absolute Gasteiger partial charge is 0.0995 e. The van der Waals surface area contributed by atoms with Gasteiger partial charge in [0.05, 0.1) is 52.3 Å². The molecule has 2 unspecified atom stereocenters. The van der Waals surface area contributed by atoms with E-state index >= 15 is 0 Å². The highest BCUT2D eigenvalue weighted by molar-refractivity contribution is 6.09. The molecule has 0 spiro atoms. The Bertz CT molecular complexity index is 2600. The summed E-state index contributed by atoms with van der Waals surface area (Å²) in [6, 6.07) is 53.0. The van der Waals surface area contributed by atoms with E-state index in [1.54, 1.807) is 0 Å². The number of fused-ring (bicyclic) bond motifs is 6. The third-order valence-electron chi connectivity index (χ3n) is 10.3. The van der Waals surface area contributed by atoms with Gasteiger partial charge in [-0.3, -0.25) is 0 Å². The number of rotatable bonds is 4. The Balaban J connectivity index is 1.24. The van der Waals surface area contributed by atoms with Gasteiger partial charge in [-0.2, -0.15) is 15.8 Å². The maximum Gasteiger partial charge on any atom is 0.0995 e. The molecule has 1 aromatic heterocycles. The number of allylic oxidation sites excluding steroid dienone is 1. The van der Waals surface area contributed by atoms with E-state index in [-0.39, 0.29) is 17.9 Å². The Morgan fingerprint density at radius 1 is 0.580 bits per heavy atom. The van der Waals surface area contributed by atoms with Crippen LogP contribution in [0.2, 0.25) is 0 Å². The van der Waals surface area contributed by atoms with E-state index in [9.17, 15) is 15.8 Å². The molecule has 1 aliphatic heterocycles. The van der Waals surface area contributed by atoms with Crippen LogP contribution in [0.4, 0.5) is 11.4 Å². The molecule has 1 aliphatic carbocycles. The van der Waals surface area contributed by atoms with Crippen molar-refractivity contribution in [1.29, 1.82) is 15.8 Å². The summed E-state index contributed by atoms with van der Waals surface area (Å²) in [7, 11) is 0. The first-order valence-electron chi connectivity index (χ1n) is 16.8. The Morgan fingerprint density at radius 3 is 1.96 bits per heavy atom. The van der Waals surface area contributed by atoms with Gasteiger partial charge >= 0.3 is 0 Å². The van der Waals surface area contributed by atoms with Crippen molar-refractivity contribution in [3.05, 3.63) is 162 Å². The van der Waals surface area contributed by atoms with Crippen molar-refractivity contribution in [2.45, 2.75) is 18.4 Å². The molecule has 0 radical (unpaired) electrons. The van der Waals surface area contributed by atoms with Crippen molar-refractivity contribution in [1.82, 2.24) is 4.57 Å². The van der Waals surface area contributed by atoms with Gasteiger partial charge in [-0.25, -0.2) is 0 Å². The summed E-state index contributed by atoms with van der Waals surface area (Å²) in [5.41, 5.74) is 11.5. The SMILES string of the molecule is N#Cc1cc(-c2ccccc2-c2ccccc2N2c3cccc(C#N)c3C3C[C@H](C#N)C=CC32)cc(-n2c3ccccc3c3ccccc32)c1. The summed E-state index contributed by atoms with van der Waals surface area (Å²) in [5.74, 6) is -0.164. The molecule has 0 bridgehead atoms. The lowest BCUT2D eigenvalue weighted by molar-refractivity contribution is 0.522. The van der Waals surface area contributed by atoms with Gasteiger partial charge in [0, 0.05) is 39.3 Å². The first-order chi connectivity index (χ1) is 24.7. The van der Waals surface area contributed by atoms with E-state index in [4.69, 9.17) is 0 Å². The predicted molar refractivity (Wildman–Crippen MR) is 199 cm³/mol. The molecule has 7 aromatic rings. The fourth-order valence-electron chi connectivity index (χ4n) is 8.27. The number of hydrogen-bond donors (Lipinski definition) is 0. The average Bonchev–Trinajstić information content (AvgIpc) is 3.70. The summed E-state index contributed by atoms with van der Waals surface area (Å²) >= 11 is 0. The molecule has 0 saturated heterocycles. The minimum Gasteiger partial charge on any atom is -0.333 e. The van der Waals surface area contributed by atoms with E-state index in [1.165, 1.54) is 10.8 Å². The number of nitrogens with zero attached hydrogens (tertiary/aromatic N) is 5. The second-order valence-corrected chi connectivity index (χ2v) is 13.0. The molecule has 0 fully saturated rings. The summed E-state index contributed by atoms with van der Waals surface area (Å²) in [5, 5.41) is 32.6. The standard InChI is InChI=1S/C45H29N5/c46-26-29-20-21-43-39(24-29)45-31(28-48)10-9-19-44(45)50(43)42-18-8-3-13-36(42)35-12-2-1-11-34(35)32-22-30(27-47)23-33(25-32)49-40-16-6-4-14-37(40)38-15-5-7-17-41(38)49/h1-23,25,29,39,43H,24H2/t29-,39?,43?/m1/s1. The minimum atomic E-state index is -0.192. The van der Waals surface area contributed by atoms with Crippen LogP contribution in [0, 0.1) is 39.9 Å². The first-order valence-corrected chi connectivity index (χ1v) is 16.8. The van der Waals surface area contributed by atoms with Crippen molar-refractivity contribution < 1.29 is 0 Å². The molecule has 9 rings (SSSR count). The van der Waals surface area contributed by atoms with Crippen molar-refractivity contribution >= 4 is 33.2 Å². The lowest BCUT2D eigenvalue weighted by atomic mass is 9.80. The fraction of sp³-hybridized carbons (Fsp3) is 0.0889. The van der Waals surface area contributed by atoms with Crippen LogP contribution in [0.3, 0.4) is 0 Å². The molecule has 0 amide bonds. The normalized spacial score (nSPS) is 17.5. The monoisotopic (exact) mass is 639 g/mol. The highest BCUT2D eigenvalue weighted by Gasteiger charge is 2.43. The van der Waals surface area contributed by atoms with Gasteiger partial charge in [0.2, 0.25) is 0 Å². The van der Waals surface area contributed by atoms with Gasteiger partial charge < -0.3 is 9.47 Å². The largest absolute Gasteiger partial charge is 0.333 e. The summed E-state index contributed by atoms with van der Waals surface area (Å²) < 4.78 is 2.25. The van der Waals surface area contributed by atoms with Crippen molar-refractivity contribution in [3.63, 3.8) is 0 Å². The predicted octanol–water partition coefficient (Wildman–Crippen LogP) is 10.6. The minimum absolute atomic E-state index is 0.0266. The third-order valence-corrected chi connectivity index (χ3v) is 10.3. The molecule has 3 atom stereocenters. The Labute approximate surface area is 290 Å². The molecular weight excluding hydrogens is 611 g/mol. The lowest BCUT2D eigenvalue weighted by Gasteiger charge is -2.33. The van der Waals surface area contributed by atoms with Gasteiger partial charge in [-0.05, 0) is 77.2 Å². The van der Waals surface area contributed by atoms with Gasteiger partial charge in [0.15, 0.2) is 0 Å². The zero-order valence-corrected chi connectivity index (χ0v) is 27.0. The number of nitriles is 3. The zero-order chi connectivity index (χ0) is 33.8. The molecule has 234 valence electrons. The molecule has 50 heavy (non-hydrogen) atoms. The molecule has 0 N–H and O–H groups in total. The number of anilines is 2. The van der Waals surface area contributed by atoms with Crippen LogP contribution >= 0.6 is 0 Å². The number of hydrogen-bond acceptors (Lipinski definition) is 4. The summed E-state index contributed by atoms with van der Waals surface area (Å²) in [4.78, 5) is 2.35. The van der Waals surface area contributed by atoms with Crippen LogP contribution in [-0.4, -0.2) is 10.6 Å². The summed E-state index contributed by atoms with van der Waals surface area (Å²) in [6.07, 6.45) is 4.84. The molecule has 5 nitrogen and oxygen atoms in total. The maximum atomic E-state index is 10.3. The van der Waals surface area contributed by atoms with Crippen LogP contribution in [-0.2, 0) is 0 Å². The van der Waals surface area contributed by atoms with Crippen LogP contribution in [0.15, 0.2) is 146 Å². The first kappa shape index (κ1) is 29.3. The van der Waals surface area contributed by atoms with Gasteiger partial charge in [-0.15, -0.1) is 0 Å². The Hall–Kier alpha value is -6.87. The number of para-hydroxylation sites is 3. The van der Waals surface area contributed by atoms with E-state index < -0.39 is 0 Å². The van der Waals surface area contributed by atoms with Crippen LogP contribution in [0.25, 0.3) is 49.7 Å². The van der Waals surface area contributed by atoms with Crippen molar-refractivity contribution in [2.24, 2.45) is 5.92 Å². The zero-order valence-electron chi connectivity index (χ0n) is 27.0. The Morgan fingerprint density at radius 2 is 1.24 bits per heavy atom. The highest BCUT2D eigenvalue weighted by Crippen LogP contribution is 2.53.